The lowest BCUT2D eigenvalue weighted by atomic mass is 9.98. The van der Waals surface area contributed by atoms with Gasteiger partial charge in [0.1, 0.15) is 11.5 Å². The van der Waals surface area contributed by atoms with Gasteiger partial charge in [0.2, 0.25) is 5.91 Å². The van der Waals surface area contributed by atoms with Gasteiger partial charge in [-0.25, -0.2) is 5.01 Å². The maximum Gasteiger partial charge on any atom is 0.308 e. The predicted molar refractivity (Wildman–Crippen MR) is 97.2 cm³/mol. The number of carbonyl (C=O) groups is 2. The summed E-state index contributed by atoms with van der Waals surface area (Å²) >= 11 is 0. The Hall–Kier alpha value is -3.15. The topological polar surface area (TPSA) is 68.2 Å². The summed E-state index contributed by atoms with van der Waals surface area (Å²) in [6.07, 6.45) is 0.532. The SMILES string of the molecule is COc1ccc([C@@H]2CC(c3ccccc3OC(C)=O)=NN2C(C)=O)cc1. The lowest BCUT2D eigenvalue weighted by Crippen LogP contribution is -2.24. The zero-order valence-electron chi connectivity index (χ0n) is 14.9. The Kier molecular flexibility index (Phi) is 5.02. The van der Waals surface area contributed by atoms with E-state index in [9.17, 15) is 9.59 Å². The normalized spacial score (nSPS) is 16.2. The molecule has 1 aliphatic rings. The van der Waals surface area contributed by atoms with Crippen molar-refractivity contribution in [2.24, 2.45) is 5.10 Å². The van der Waals surface area contributed by atoms with Crippen molar-refractivity contribution in [2.75, 3.05) is 7.11 Å². The molecule has 0 unspecified atom stereocenters. The molecule has 2 aromatic rings. The van der Waals surface area contributed by atoms with Gasteiger partial charge < -0.3 is 9.47 Å². The fraction of sp³-hybridized carbons (Fsp3) is 0.250. The summed E-state index contributed by atoms with van der Waals surface area (Å²) in [5.74, 6) is 0.650. The van der Waals surface area contributed by atoms with E-state index in [1.54, 1.807) is 19.2 Å². The molecule has 3 rings (SSSR count). The Labute approximate surface area is 152 Å². The largest absolute Gasteiger partial charge is 0.497 e. The summed E-state index contributed by atoms with van der Waals surface area (Å²) < 4.78 is 10.5. The number of benzene rings is 2. The third-order valence-corrected chi connectivity index (χ3v) is 4.19. The molecule has 0 aromatic heterocycles. The standard InChI is InChI=1S/C20H20N2O4/c1-13(23)22-19(15-8-10-16(25-3)11-9-15)12-18(21-22)17-6-4-5-7-20(17)26-14(2)24/h4-11,19H,12H2,1-3H3/t19-/m0/s1. The fourth-order valence-electron chi connectivity index (χ4n) is 3.00. The molecule has 6 heteroatoms. The van der Waals surface area contributed by atoms with Crippen molar-refractivity contribution in [3.63, 3.8) is 0 Å². The van der Waals surface area contributed by atoms with Gasteiger partial charge in [-0.3, -0.25) is 9.59 Å². The molecule has 1 aliphatic heterocycles. The van der Waals surface area contributed by atoms with Crippen molar-refractivity contribution in [3.8, 4) is 11.5 Å². The number of hydrazone groups is 1. The number of ether oxygens (including phenoxy) is 2. The zero-order chi connectivity index (χ0) is 18.7. The van der Waals surface area contributed by atoms with Crippen molar-refractivity contribution in [1.29, 1.82) is 0 Å². The lowest BCUT2D eigenvalue weighted by Gasteiger charge is -2.20. The van der Waals surface area contributed by atoms with E-state index in [4.69, 9.17) is 9.47 Å². The maximum atomic E-state index is 12.1. The van der Waals surface area contributed by atoms with Gasteiger partial charge in [0.05, 0.1) is 18.9 Å². The van der Waals surface area contributed by atoms with E-state index in [1.807, 2.05) is 36.4 Å². The average molecular weight is 352 g/mol. The molecule has 0 N–H and O–H groups in total. The summed E-state index contributed by atoms with van der Waals surface area (Å²) in [4.78, 5) is 23.5. The summed E-state index contributed by atoms with van der Waals surface area (Å²) in [6.45, 7) is 2.84. The second-order valence-electron chi connectivity index (χ2n) is 5.99. The number of esters is 1. The van der Waals surface area contributed by atoms with Crippen LogP contribution in [0.3, 0.4) is 0 Å². The van der Waals surface area contributed by atoms with E-state index in [0.29, 0.717) is 23.4 Å². The first-order chi connectivity index (χ1) is 12.5. The first-order valence-corrected chi connectivity index (χ1v) is 8.28. The van der Waals surface area contributed by atoms with E-state index in [0.717, 1.165) is 11.3 Å². The Balaban J connectivity index is 1.94. The van der Waals surface area contributed by atoms with Crippen molar-refractivity contribution >= 4 is 17.6 Å². The second-order valence-corrected chi connectivity index (χ2v) is 5.99. The van der Waals surface area contributed by atoms with Crippen LogP contribution in [-0.4, -0.2) is 29.7 Å². The number of para-hydroxylation sites is 1. The first kappa shape index (κ1) is 17.7. The molecule has 1 heterocycles. The molecule has 0 spiro atoms. The Morgan fingerprint density at radius 2 is 1.77 bits per heavy atom. The van der Waals surface area contributed by atoms with Gasteiger partial charge in [0.25, 0.3) is 0 Å². The van der Waals surface area contributed by atoms with Crippen LogP contribution in [0.15, 0.2) is 53.6 Å². The smallest absolute Gasteiger partial charge is 0.308 e. The molecule has 0 aliphatic carbocycles. The van der Waals surface area contributed by atoms with Crippen molar-refractivity contribution in [3.05, 3.63) is 59.7 Å². The quantitative estimate of drug-likeness (QED) is 0.625. The molecule has 26 heavy (non-hydrogen) atoms. The highest BCUT2D eigenvalue weighted by molar-refractivity contribution is 6.05. The molecule has 1 amide bonds. The van der Waals surface area contributed by atoms with Crippen LogP contribution < -0.4 is 9.47 Å². The number of rotatable bonds is 4. The minimum atomic E-state index is -0.397. The van der Waals surface area contributed by atoms with Crippen LogP contribution in [0.2, 0.25) is 0 Å². The first-order valence-electron chi connectivity index (χ1n) is 8.28. The Morgan fingerprint density at radius 1 is 1.08 bits per heavy atom. The van der Waals surface area contributed by atoms with E-state index in [2.05, 4.69) is 5.10 Å². The van der Waals surface area contributed by atoms with E-state index in [-0.39, 0.29) is 11.9 Å². The molecule has 0 fully saturated rings. The van der Waals surface area contributed by atoms with Gasteiger partial charge in [0, 0.05) is 25.8 Å². The molecule has 134 valence electrons. The van der Waals surface area contributed by atoms with Crippen LogP contribution in [0.25, 0.3) is 0 Å². The highest BCUT2D eigenvalue weighted by Crippen LogP contribution is 2.35. The van der Waals surface area contributed by atoms with Gasteiger partial charge in [-0.05, 0) is 29.8 Å². The van der Waals surface area contributed by atoms with Gasteiger partial charge in [-0.1, -0.05) is 24.3 Å². The lowest BCUT2D eigenvalue weighted by molar-refractivity contribution is -0.132. The summed E-state index contributed by atoms with van der Waals surface area (Å²) in [6, 6.07) is 14.6. The molecule has 2 aromatic carbocycles. The molecule has 0 saturated carbocycles. The maximum absolute atomic E-state index is 12.1. The summed E-state index contributed by atoms with van der Waals surface area (Å²) in [5.41, 5.74) is 2.38. The Morgan fingerprint density at radius 3 is 2.38 bits per heavy atom. The zero-order valence-corrected chi connectivity index (χ0v) is 14.9. The van der Waals surface area contributed by atoms with Crippen molar-refractivity contribution < 1.29 is 19.1 Å². The third-order valence-electron chi connectivity index (χ3n) is 4.19. The van der Waals surface area contributed by atoms with Gasteiger partial charge in [-0.2, -0.15) is 5.10 Å². The Bertz CT molecular complexity index is 858. The fourth-order valence-corrected chi connectivity index (χ4v) is 3.00. The summed E-state index contributed by atoms with van der Waals surface area (Å²) in [5, 5.41) is 5.98. The van der Waals surface area contributed by atoms with Crippen LogP contribution in [0.4, 0.5) is 0 Å². The molecule has 0 radical (unpaired) electrons. The number of nitrogens with zero attached hydrogens (tertiary/aromatic N) is 2. The summed E-state index contributed by atoms with van der Waals surface area (Å²) in [7, 11) is 1.61. The molecule has 0 saturated heterocycles. The van der Waals surface area contributed by atoms with Crippen LogP contribution in [0, 0.1) is 0 Å². The molecule has 6 nitrogen and oxygen atoms in total. The van der Waals surface area contributed by atoms with Crippen LogP contribution in [-0.2, 0) is 9.59 Å². The minimum Gasteiger partial charge on any atom is -0.497 e. The molecular weight excluding hydrogens is 332 g/mol. The third kappa shape index (κ3) is 3.59. The van der Waals surface area contributed by atoms with Crippen molar-refractivity contribution in [2.45, 2.75) is 26.3 Å². The number of hydrogen-bond donors (Lipinski definition) is 0. The number of methoxy groups -OCH3 is 1. The van der Waals surface area contributed by atoms with Gasteiger partial charge in [-0.15, -0.1) is 0 Å². The number of carbonyl (C=O) groups excluding carboxylic acids is 2. The van der Waals surface area contributed by atoms with Crippen LogP contribution >= 0.6 is 0 Å². The van der Waals surface area contributed by atoms with Crippen LogP contribution in [0.5, 0.6) is 11.5 Å². The second kappa shape index (κ2) is 7.39. The number of hydrogen-bond acceptors (Lipinski definition) is 5. The van der Waals surface area contributed by atoms with E-state index >= 15 is 0 Å². The van der Waals surface area contributed by atoms with E-state index in [1.165, 1.54) is 18.9 Å². The predicted octanol–water partition coefficient (Wildman–Crippen LogP) is 3.32. The molecule has 1 atom stereocenters. The van der Waals surface area contributed by atoms with Gasteiger partial charge in [0.15, 0.2) is 0 Å². The monoisotopic (exact) mass is 352 g/mol. The van der Waals surface area contributed by atoms with E-state index < -0.39 is 5.97 Å². The highest BCUT2D eigenvalue weighted by atomic mass is 16.5. The average Bonchev–Trinajstić information content (AvgIpc) is 3.07. The van der Waals surface area contributed by atoms with Crippen molar-refractivity contribution in [1.82, 2.24) is 5.01 Å². The highest BCUT2D eigenvalue weighted by Gasteiger charge is 2.32. The molecule has 0 bridgehead atoms. The molecular formula is C20H20N2O4. The number of amides is 1. The van der Waals surface area contributed by atoms with Gasteiger partial charge >= 0.3 is 5.97 Å². The minimum absolute atomic E-state index is 0.147. The van der Waals surface area contributed by atoms with Crippen LogP contribution in [0.1, 0.15) is 37.4 Å².